The van der Waals surface area contributed by atoms with Gasteiger partial charge in [0, 0.05) is 25.7 Å². The molecule has 122 valence electrons. The number of carbonyl (C=O) groups is 1. The van der Waals surface area contributed by atoms with Crippen LogP contribution in [0.5, 0.6) is 0 Å². The molecule has 6 nitrogen and oxygen atoms in total. The molecule has 0 fully saturated rings. The van der Waals surface area contributed by atoms with Crippen molar-refractivity contribution in [1.29, 1.82) is 0 Å². The van der Waals surface area contributed by atoms with Crippen LogP contribution in [0.25, 0.3) is 0 Å². The van der Waals surface area contributed by atoms with Crippen molar-refractivity contribution in [3.8, 4) is 0 Å². The van der Waals surface area contributed by atoms with Gasteiger partial charge < -0.3 is 15.5 Å². The molecule has 0 aliphatic heterocycles. The number of aromatic nitrogens is 2. The molecule has 0 radical (unpaired) electrons. The third-order valence-electron chi connectivity index (χ3n) is 3.34. The fourth-order valence-electron chi connectivity index (χ4n) is 1.96. The molecule has 0 aliphatic carbocycles. The quantitative estimate of drug-likeness (QED) is 0.814. The van der Waals surface area contributed by atoms with Crippen LogP contribution in [0, 0.1) is 6.92 Å². The predicted octanol–water partition coefficient (Wildman–Crippen LogP) is 1.69. The van der Waals surface area contributed by atoms with Crippen LogP contribution in [0.4, 0.5) is 5.82 Å². The Labute approximate surface area is 137 Å². The number of aryl methyl sites for hydroxylation is 1. The van der Waals surface area contributed by atoms with Crippen molar-refractivity contribution in [2.75, 3.05) is 32.5 Å². The number of rotatable bonds is 7. The van der Waals surface area contributed by atoms with E-state index in [2.05, 4.69) is 51.8 Å². The van der Waals surface area contributed by atoms with E-state index in [1.54, 1.807) is 6.07 Å². The zero-order valence-corrected chi connectivity index (χ0v) is 13.8. The summed E-state index contributed by atoms with van der Waals surface area (Å²) < 4.78 is 0. The number of hydrogen-bond acceptors (Lipinski definition) is 5. The molecule has 0 aliphatic rings. The minimum atomic E-state index is -0.187. The highest BCUT2D eigenvalue weighted by molar-refractivity contribution is 5.92. The lowest BCUT2D eigenvalue weighted by Crippen LogP contribution is -2.31. The maximum Gasteiger partial charge on any atom is 0.270 e. The second-order valence-corrected chi connectivity index (χ2v) is 5.69. The predicted molar refractivity (Wildman–Crippen MR) is 91.4 cm³/mol. The van der Waals surface area contributed by atoms with Crippen LogP contribution in [-0.4, -0.2) is 48.0 Å². The summed E-state index contributed by atoms with van der Waals surface area (Å²) in [4.78, 5) is 22.2. The van der Waals surface area contributed by atoms with Crippen LogP contribution in [0.2, 0.25) is 0 Å². The summed E-state index contributed by atoms with van der Waals surface area (Å²) in [5.74, 6) is 0.450. The average molecular weight is 313 g/mol. The van der Waals surface area contributed by atoms with Crippen LogP contribution in [0.15, 0.2) is 36.7 Å². The van der Waals surface area contributed by atoms with Gasteiger partial charge in [0.2, 0.25) is 0 Å². The Morgan fingerprint density at radius 3 is 2.61 bits per heavy atom. The van der Waals surface area contributed by atoms with E-state index in [0.29, 0.717) is 24.6 Å². The topological polar surface area (TPSA) is 70.2 Å². The molecule has 2 rings (SSSR count). The summed E-state index contributed by atoms with van der Waals surface area (Å²) in [5.41, 5.74) is 2.75. The highest BCUT2D eigenvalue weighted by atomic mass is 16.1. The van der Waals surface area contributed by atoms with Gasteiger partial charge in [-0.2, -0.15) is 0 Å². The Morgan fingerprint density at radius 1 is 1.17 bits per heavy atom. The second kappa shape index (κ2) is 8.24. The van der Waals surface area contributed by atoms with Crippen LogP contribution in [0.1, 0.15) is 21.6 Å². The van der Waals surface area contributed by atoms with Gasteiger partial charge in [-0.15, -0.1) is 0 Å². The highest BCUT2D eigenvalue weighted by Gasteiger charge is 2.08. The van der Waals surface area contributed by atoms with Crippen molar-refractivity contribution in [2.45, 2.75) is 13.5 Å². The summed E-state index contributed by atoms with van der Waals surface area (Å²) in [5, 5.41) is 6.05. The van der Waals surface area contributed by atoms with E-state index >= 15 is 0 Å². The SMILES string of the molecule is Cc1ccc(CNc2cc(C(=O)NCCN(C)C)ncn2)cc1. The van der Waals surface area contributed by atoms with E-state index in [-0.39, 0.29) is 5.91 Å². The fraction of sp³-hybridized carbons (Fsp3) is 0.353. The number of benzene rings is 1. The molecule has 0 saturated heterocycles. The van der Waals surface area contributed by atoms with Gasteiger partial charge in [0.15, 0.2) is 0 Å². The van der Waals surface area contributed by atoms with E-state index in [4.69, 9.17) is 0 Å². The van der Waals surface area contributed by atoms with Gasteiger partial charge in [-0.05, 0) is 26.6 Å². The molecule has 1 aromatic heterocycles. The maximum atomic E-state index is 12.0. The van der Waals surface area contributed by atoms with Gasteiger partial charge in [-0.3, -0.25) is 4.79 Å². The van der Waals surface area contributed by atoms with Crippen molar-refractivity contribution < 1.29 is 4.79 Å². The Morgan fingerprint density at radius 2 is 1.91 bits per heavy atom. The zero-order chi connectivity index (χ0) is 16.7. The summed E-state index contributed by atoms with van der Waals surface area (Å²) in [6, 6.07) is 9.94. The van der Waals surface area contributed by atoms with Gasteiger partial charge >= 0.3 is 0 Å². The van der Waals surface area contributed by atoms with E-state index in [9.17, 15) is 4.79 Å². The minimum Gasteiger partial charge on any atom is -0.366 e. The monoisotopic (exact) mass is 313 g/mol. The van der Waals surface area contributed by atoms with Crippen LogP contribution >= 0.6 is 0 Å². The van der Waals surface area contributed by atoms with Crippen molar-refractivity contribution in [3.05, 3.63) is 53.5 Å². The van der Waals surface area contributed by atoms with Gasteiger partial charge in [0.1, 0.15) is 17.8 Å². The fourth-order valence-corrected chi connectivity index (χ4v) is 1.96. The van der Waals surface area contributed by atoms with Gasteiger partial charge in [-0.25, -0.2) is 9.97 Å². The van der Waals surface area contributed by atoms with Crippen LogP contribution in [0.3, 0.4) is 0 Å². The second-order valence-electron chi connectivity index (χ2n) is 5.69. The minimum absolute atomic E-state index is 0.187. The Hall–Kier alpha value is -2.47. The first-order valence-corrected chi connectivity index (χ1v) is 7.59. The van der Waals surface area contributed by atoms with E-state index in [1.165, 1.54) is 11.9 Å². The molecule has 0 atom stereocenters. The van der Waals surface area contributed by atoms with Crippen molar-refractivity contribution in [1.82, 2.24) is 20.2 Å². The standard InChI is InChI=1S/C17H23N5O/c1-13-4-6-14(7-5-13)11-19-16-10-15(20-12-21-16)17(23)18-8-9-22(2)3/h4-7,10,12H,8-9,11H2,1-3H3,(H,18,23)(H,19,20,21). The normalized spacial score (nSPS) is 10.6. The van der Waals surface area contributed by atoms with Gasteiger partial charge in [0.05, 0.1) is 0 Å². The zero-order valence-electron chi connectivity index (χ0n) is 13.8. The van der Waals surface area contributed by atoms with E-state index < -0.39 is 0 Å². The highest BCUT2D eigenvalue weighted by Crippen LogP contribution is 2.08. The first kappa shape index (κ1) is 16.9. The number of amides is 1. The van der Waals surface area contributed by atoms with E-state index in [1.807, 2.05) is 19.0 Å². The summed E-state index contributed by atoms with van der Waals surface area (Å²) in [6.45, 7) is 4.08. The molecule has 1 heterocycles. The molecule has 6 heteroatoms. The van der Waals surface area contributed by atoms with Crippen molar-refractivity contribution in [2.24, 2.45) is 0 Å². The summed E-state index contributed by atoms with van der Waals surface area (Å²) >= 11 is 0. The van der Waals surface area contributed by atoms with Crippen LogP contribution in [-0.2, 0) is 6.54 Å². The first-order valence-electron chi connectivity index (χ1n) is 7.59. The lowest BCUT2D eigenvalue weighted by molar-refractivity contribution is 0.0946. The molecule has 23 heavy (non-hydrogen) atoms. The van der Waals surface area contributed by atoms with Gasteiger partial charge in [-0.1, -0.05) is 29.8 Å². The Balaban J connectivity index is 1.91. The first-order chi connectivity index (χ1) is 11.0. The molecule has 2 N–H and O–H groups in total. The van der Waals surface area contributed by atoms with Crippen LogP contribution < -0.4 is 10.6 Å². The number of likely N-dealkylation sites (N-methyl/N-ethyl adjacent to an activating group) is 1. The summed E-state index contributed by atoms with van der Waals surface area (Å²) in [7, 11) is 3.92. The molecule has 2 aromatic rings. The molecule has 0 unspecified atom stereocenters. The largest absolute Gasteiger partial charge is 0.366 e. The lowest BCUT2D eigenvalue weighted by atomic mass is 10.1. The third-order valence-corrected chi connectivity index (χ3v) is 3.34. The number of carbonyl (C=O) groups excluding carboxylic acids is 1. The molecular weight excluding hydrogens is 290 g/mol. The van der Waals surface area contributed by atoms with E-state index in [0.717, 1.165) is 12.1 Å². The molecule has 1 aromatic carbocycles. The van der Waals surface area contributed by atoms with Gasteiger partial charge in [0.25, 0.3) is 5.91 Å². The summed E-state index contributed by atoms with van der Waals surface area (Å²) in [6.07, 6.45) is 1.40. The number of nitrogens with one attached hydrogen (secondary N) is 2. The number of nitrogens with zero attached hydrogens (tertiary/aromatic N) is 3. The number of anilines is 1. The lowest BCUT2D eigenvalue weighted by Gasteiger charge is -2.10. The average Bonchev–Trinajstić information content (AvgIpc) is 2.54. The molecule has 0 bridgehead atoms. The Kier molecular flexibility index (Phi) is 6.05. The van der Waals surface area contributed by atoms with Crippen molar-refractivity contribution in [3.63, 3.8) is 0 Å². The molecule has 1 amide bonds. The Bertz CT molecular complexity index is 640. The molecular formula is C17H23N5O. The van der Waals surface area contributed by atoms with Crippen molar-refractivity contribution >= 4 is 11.7 Å². The molecule has 0 saturated carbocycles. The smallest absolute Gasteiger partial charge is 0.270 e. The number of hydrogen-bond donors (Lipinski definition) is 2. The molecule has 0 spiro atoms. The third kappa shape index (κ3) is 5.67. The maximum absolute atomic E-state index is 12.0.